The van der Waals surface area contributed by atoms with Crippen molar-refractivity contribution in [3.63, 3.8) is 0 Å². The fourth-order valence-electron chi connectivity index (χ4n) is 3.71. The van der Waals surface area contributed by atoms with Crippen LogP contribution in [0.3, 0.4) is 0 Å². The molecule has 6 nitrogen and oxygen atoms in total. The van der Waals surface area contributed by atoms with Crippen molar-refractivity contribution in [2.75, 3.05) is 0 Å². The molecule has 0 spiro atoms. The Balaban J connectivity index is 2.02. The molecule has 7 heteroatoms. The highest BCUT2D eigenvalue weighted by Gasteiger charge is 2.27. The maximum absolute atomic E-state index is 11.7. The van der Waals surface area contributed by atoms with E-state index in [1.54, 1.807) is 6.07 Å². The molecule has 0 amide bonds. The van der Waals surface area contributed by atoms with Gasteiger partial charge >= 0.3 is 0 Å². The van der Waals surface area contributed by atoms with Gasteiger partial charge in [0.15, 0.2) is 0 Å². The van der Waals surface area contributed by atoms with Crippen LogP contribution >= 0.6 is 0 Å². The van der Waals surface area contributed by atoms with Crippen molar-refractivity contribution in [3.8, 4) is 39.5 Å². The van der Waals surface area contributed by atoms with Crippen LogP contribution in [0.15, 0.2) is 65.5 Å². The van der Waals surface area contributed by atoms with Gasteiger partial charge in [0.2, 0.25) is 0 Å². The zero-order valence-electron chi connectivity index (χ0n) is 19.0. The Morgan fingerprint density at radius 1 is 0.875 bits per heavy atom. The van der Waals surface area contributed by atoms with Crippen LogP contribution in [0.4, 0.5) is 0 Å². The van der Waals surface area contributed by atoms with E-state index in [1.165, 1.54) is 6.07 Å². The van der Waals surface area contributed by atoms with Crippen LogP contribution in [-0.4, -0.2) is 29.4 Å². The van der Waals surface area contributed by atoms with Crippen LogP contribution in [0.2, 0.25) is 13.1 Å². The van der Waals surface area contributed by atoms with Crippen molar-refractivity contribution >= 4 is 9.04 Å². The molecule has 163 valence electrons. The molecule has 0 fully saturated rings. The van der Waals surface area contributed by atoms with Crippen molar-refractivity contribution in [2.45, 2.75) is 39.3 Å². The first kappa shape index (κ1) is 21.8. The first-order chi connectivity index (χ1) is 15.3. The second-order valence-electron chi connectivity index (χ2n) is 8.94. The van der Waals surface area contributed by atoms with E-state index in [1.807, 2.05) is 42.5 Å². The predicted molar refractivity (Wildman–Crippen MR) is 130 cm³/mol. The van der Waals surface area contributed by atoms with E-state index in [0.29, 0.717) is 5.69 Å². The highest BCUT2D eigenvalue weighted by Crippen LogP contribution is 2.44. The van der Waals surface area contributed by atoms with Gasteiger partial charge in [-0.1, -0.05) is 63.2 Å². The lowest BCUT2D eigenvalue weighted by Gasteiger charge is -2.26. The Labute approximate surface area is 189 Å². The maximum Gasteiger partial charge on any atom is 0.274 e. The van der Waals surface area contributed by atoms with Gasteiger partial charge in [-0.05, 0) is 36.2 Å². The van der Waals surface area contributed by atoms with Crippen molar-refractivity contribution in [1.29, 1.82) is 0 Å². The number of rotatable bonds is 5. The number of H-pyrrole nitrogens is 2. The first-order valence-electron chi connectivity index (χ1n) is 10.6. The van der Waals surface area contributed by atoms with E-state index in [9.17, 15) is 4.79 Å². The van der Waals surface area contributed by atoms with Crippen LogP contribution < -0.4 is 9.99 Å². The monoisotopic (exact) mass is 443 g/mol. The lowest BCUT2D eigenvalue weighted by atomic mass is 9.84. The molecule has 2 N–H and O–H groups in total. The average molecular weight is 444 g/mol. The molecule has 4 rings (SSSR count). The van der Waals surface area contributed by atoms with Gasteiger partial charge in [-0.15, -0.1) is 0 Å². The van der Waals surface area contributed by atoms with Crippen LogP contribution in [0.25, 0.3) is 33.8 Å². The molecule has 2 aromatic carbocycles. The molecule has 2 heterocycles. The first-order valence-corrected chi connectivity index (χ1v) is 13.0. The SMILES string of the molecule is C[Si](C)Oc1c(-c2[nH]nc(-c3ccccc3)c2-c2ccc(=O)[nH]n2)cccc1C(C)(C)C. The Morgan fingerprint density at radius 3 is 2.25 bits per heavy atom. The summed E-state index contributed by atoms with van der Waals surface area (Å²) in [5.41, 5.74) is 5.73. The molecular formula is C25H27N4O2Si. The van der Waals surface area contributed by atoms with Crippen molar-refractivity contribution in [1.82, 2.24) is 20.4 Å². The Kier molecular flexibility index (Phi) is 5.84. The van der Waals surface area contributed by atoms with Gasteiger partial charge < -0.3 is 4.43 Å². The topological polar surface area (TPSA) is 83.7 Å². The van der Waals surface area contributed by atoms with E-state index in [0.717, 1.165) is 39.4 Å². The normalized spacial score (nSPS) is 11.7. The third-order valence-electron chi connectivity index (χ3n) is 5.15. The minimum absolute atomic E-state index is 0.0959. The number of para-hydroxylation sites is 1. The number of nitrogens with one attached hydrogen (secondary N) is 2. The van der Waals surface area contributed by atoms with Crippen molar-refractivity contribution < 1.29 is 4.43 Å². The average Bonchev–Trinajstić information content (AvgIpc) is 3.19. The number of benzene rings is 2. The number of aromatic amines is 2. The fourth-order valence-corrected chi connectivity index (χ4v) is 4.34. The lowest BCUT2D eigenvalue weighted by Crippen LogP contribution is -2.19. The number of hydrogen-bond donors (Lipinski definition) is 2. The largest absolute Gasteiger partial charge is 0.542 e. The second kappa shape index (κ2) is 8.59. The lowest BCUT2D eigenvalue weighted by molar-refractivity contribution is 0.522. The summed E-state index contributed by atoms with van der Waals surface area (Å²) in [6.07, 6.45) is 0. The Morgan fingerprint density at radius 2 is 1.62 bits per heavy atom. The third-order valence-corrected chi connectivity index (χ3v) is 5.76. The highest BCUT2D eigenvalue weighted by molar-refractivity contribution is 6.49. The van der Waals surface area contributed by atoms with Gasteiger partial charge in [-0.25, -0.2) is 5.10 Å². The van der Waals surface area contributed by atoms with Gasteiger partial charge in [0.25, 0.3) is 14.6 Å². The number of aromatic nitrogens is 4. The summed E-state index contributed by atoms with van der Waals surface area (Å²) >= 11 is 0. The summed E-state index contributed by atoms with van der Waals surface area (Å²) in [5, 5.41) is 14.8. The molecule has 2 aromatic heterocycles. The Hall–Kier alpha value is -3.45. The van der Waals surface area contributed by atoms with Crippen LogP contribution in [-0.2, 0) is 5.41 Å². The second-order valence-corrected chi connectivity index (χ2v) is 11.0. The molecule has 0 saturated heterocycles. The highest BCUT2D eigenvalue weighted by atomic mass is 28.3. The molecule has 0 atom stereocenters. The maximum atomic E-state index is 11.7. The minimum atomic E-state index is -1.02. The van der Waals surface area contributed by atoms with Crippen LogP contribution in [0.1, 0.15) is 26.3 Å². The quantitative estimate of drug-likeness (QED) is 0.403. The summed E-state index contributed by atoms with van der Waals surface area (Å²) in [4.78, 5) is 11.7. The van der Waals surface area contributed by atoms with Gasteiger partial charge in [-0.3, -0.25) is 9.89 Å². The molecule has 0 aliphatic rings. The molecule has 1 radical (unpaired) electrons. The predicted octanol–water partition coefficient (Wildman–Crippen LogP) is 5.42. The molecule has 32 heavy (non-hydrogen) atoms. The number of hydrogen-bond acceptors (Lipinski definition) is 4. The van der Waals surface area contributed by atoms with Gasteiger partial charge in [0.05, 0.1) is 17.0 Å². The molecule has 4 aromatic rings. The van der Waals surface area contributed by atoms with Gasteiger partial charge in [0, 0.05) is 17.2 Å². The van der Waals surface area contributed by atoms with E-state index >= 15 is 0 Å². The third kappa shape index (κ3) is 4.29. The van der Waals surface area contributed by atoms with Crippen molar-refractivity contribution in [3.05, 3.63) is 76.6 Å². The fraction of sp³-hybridized carbons (Fsp3) is 0.240. The minimum Gasteiger partial charge on any atom is -0.542 e. The smallest absolute Gasteiger partial charge is 0.274 e. The molecule has 0 bridgehead atoms. The summed E-state index contributed by atoms with van der Waals surface area (Å²) in [5.74, 6) is 0.868. The van der Waals surface area contributed by atoms with Crippen LogP contribution in [0.5, 0.6) is 5.75 Å². The van der Waals surface area contributed by atoms with E-state index in [2.05, 4.69) is 60.3 Å². The van der Waals surface area contributed by atoms with Gasteiger partial charge in [0.1, 0.15) is 11.4 Å². The number of nitrogens with zero attached hydrogens (tertiary/aromatic N) is 2. The van der Waals surface area contributed by atoms with Gasteiger partial charge in [-0.2, -0.15) is 10.2 Å². The van der Waals surface area contributed by atoms with E-state index in [4.69, 9.17) is 4.43 Å². The Bertz CT molecular complexity index is 1270. The molecular weight excluding hydrogens is 416 g/mol. The van der Waals surface area contributed by atoms with E-state index in [-0.39, 0.29) is 11.0 Å². The van der Waals surface area contributed by atoms with E-state index < -0.39 is 9.04 Å². The molecule has 0 unspecified atom stereocenters. The van der Waals surface area contributed by atoms with Crippen molar-refractivity contribution in [2.24, 2.45) is 0 Å². The molecule has 0 aliphatic heterocycles. The van der Waals surface area contributed by atoms with Crippen LogP contribution in [0, 0.1) is 0 Å². The standard InChI is InChI=1S/C25H27N4O2Si/c1-25(2,3)18-13-9-12-17(24(18)31-32(4)5)23-21(19-14-15-20(30)27-26-19)22(28-29-23)16-10-7-6-8-11-16/h6-15H,1-5H3,(H,27,30)(H,28,29). The zero-order chi connectivity index (χ0) is 22.9. The summed E-state index contributed by atoms with van der Waals surface area (Å²) in [6.45, 7) is 10.8. The molecule has 0 saturated carbocycles. The summed E-state index contributed by atoms with van der Waals surface area (Å²) < 4.78 is 6.46. The summed E-state index contributed by atoms with van der Waals surface area (Å²) in [7, 11) is -1.02. The summed E-state index contributed by atoms with van der Waals surface area (Å²) in [6, 6.07) is 19.4. The molecule has 0 aliphatic carbocycles. The zero-order valence-corrected chi connectivity index (χ0v) is 20.0.